The van der Waals surface area contributed by atoms with Crippen LogP contribution in [-0.2, 0) is 20.1 Å². The van der Waals surface area contributed by atoms with E-state index in [2.05, 4.69) is 44.1 Å². The average molecular weight is 341 g/mol. The van der Waals surface area contributed by atoms with Crippen LogP contribution in [0.5, 0.6) is 0 Å². The third-order valence-corrected chi connectivity index (χ3v) is 5.71. The molecule has 0 aromatic carbocycles. The molecule has 124 valence electrons. The highest BCUT2D eigenvalue weighted by Crippen LogP contribution is 2.44. The Bertz CT molecular complexity index is 846. The predicted molar refractivity (Wildman–Crippen MR) is 89.6 cm³/mol. The SMILES string of the molecule is Cn1cc(C2c3nnnn3CCN2Cc2cccs2)c(C2CC2)n1. The Hall–Kier alpha value is -2.06. The zero-order valence-electron chi connectivity index (χ0n) is 13.5. The van der Waals surface area contributed by atoms with Crippen LogP contribution >= 0.6 is 11.3 Å². The number of hydrogen-bond donors (Lipinski definition) is 0. The topological polar surface area (TPSA) is 64.7 Å². The van der Waals surface area contributed by atoms with Crippen molar-refractivity contribution < 1.29 is 0 Å². The van der Waals surface area contributed by atoms with Crippen molar-refractivity contribution in [1.29, 1.82) is 0 Å². The highest BCUT2D eigenvalue weighted by molar-refractivity contribution is 7.09. The molecule has 2 aliphatic rings. The lowest BCUT2D eigenvalue weighted by atomic mass is 10.0. The maximum Gasteiger partial charge on any atom is 0.173 e. The van der Waals surface area contributed by atoms with Gasteiger partial charge in [-0.1, -0.05) is 6.07 Å². The Kier molecular flexibility index (Phi) is 3.27. The quantitative estimate of drug-likeness (QED) is 0.726. The third kappa shape index (κ3) is 2.37. The van der Waals surface area contributed by atoms with Gasteiger partial charge >= 0.3 is 0 Å². The molecule has 4 heterocycles. The first-order valence-electron chi connectivity index (χ1n) is 8.35. The minimum atomic E-state index is 0.0835. The second-order valence-electron chi connectivity index (χ2n) is 6.63. The maximum atomic E-state index is 4.75. The van der Waals surface area contributed by atoms with E-state index < -0.39 is 0 Å². The van der Waals surface area contributed by atoms with Gasteiger partial charge in [-0.2, -0.15) is 5.10 Å². The van der Waals surface area contributed by atoms with Gasteiger partial charge in [-0.3, -0.25) is 9.58 Å². The molecule has 1 atom stereocenters. The minimum Gasteiger partial charge on any atom is -0.283 e. The lowest BCUT2D eigenvalue weighted by Crippen LogP contribution is -2.39. The van der Waals surface area contributed by atoms with Crippen LogP contribution in [0, 0.1) is 0 Å². The standard InChI is InChI=1S/C16H19N7S/c1-21-10-13(14(18-21)11-4-5-11)15-16-17-19-20-23(16)7-6-22(15)9-12-3-2-8-24-12/h2-3,8,10-11,15H,4-7,9H2,1H3. The fourth-order valence-electron chi connectivity index (χ4n) is 3.60. The van der Waals surface area contributed by atoms with E-state index in [1.54, 1.807) is 11.3 Å². The molecule has 1 aliphatic carbocycles. The van der Waals surface area contributed by atoms with Gasteiger partial charge in [0.05, 0.1) is 12.2 Å². The Morgan fingerprint density at radius 2 is 2.21 bits per heavy atom. The Morgan fingerprint density at radius 1 is 1.29 bits per heavy atom. The van der Waals surface area contributed by atoms with Gasteiger partial charge in [-0.15, -0.1) is 16.4 Å². The van der Waals surface area contributed by atoms with Crippen molar-refractivity contribution >= 4 is 11.3 Å². The molecule has 0 amide bonds. The van der Waals surface area contributed by atoms with Gasteiger partial charge in [-0.05, 0) is 34.7 Å². The third-order valence-electron chi connectivity index (χ3n) is 4.85. The molecular formula is C16H19N7S. The molecule has 7 nitrogen and oxygen atoms in total. The molecule has 3 aromatic heterocycles. The molecule has 1 aliphatic heterocycles. The summed E-state index contributed by atoms with van der Waals surface area (Å²) >= 11 is 1.80. The van der Waals surface area contributed by atoms with Crippen molar-refractivity contribution in [2.75, 3.05) is 6.54 Å². The van der Waals surface area contributed by atoms with Gasteiger partial charge in [-0.25, -0.2) is 4.68 Å². The average Bonchev–Trinajstić information content (AvgIpc) is 2.99. The first-order chi connectivity index (χ1) is 11.8. The number of hydrogen-bond acceptors (Lipinski definition) is 6. The van der Waals surface area contributed by atoms with Gasteiger partial charge < -0.3 is 0 Å². The zero-order valence-corrected chi connectivity index (χ0v) is 14.4. The van der Waals surface area contributed by atoms with Crippen LogP contribution in [0.1, 0.15) is 46.8 Å². The molecule has 0 saturated heterocycles. The van der Waals surface area contributed by atoms with E-state index >= 15 is 0 Å². The molecule has 8 heteroatoms. The molecule has 1 fully saturated rings. The number of aryl methyl sites for hydroxylation is 1. The van der Waals surface area contributed by atoms with Gasteiger partial charge in [0.1, 0.15) is 6.04 Å². The van der Waals surface area contributed by atoms with Gasteiger partial charge in [0.25, 0.3) is 0 Å². The van der Waals surface area contributed by atoms with Crippen molar-refractivity contribution in [3.63, 3.8) is 0 Å². The second kappa shape index (κ2) is 5.49. The normalized spacial score (nSPS) is 21.1. The molecule has 24 heavy (non-hydrogen) atoms. The van der Waals surface area contributed by atoms with Crippen molar-refractivity contribution in [1.82, 2.24) is 34.9 Å². The first-order valence-corrected chi connectivity index (χ1v) is 9.23. The Labute approximate surface area is 143 Å². The highest BCUT2D eigenvalue weighted by atomic mass is 32.1. The summed E-state index contributed by atoms with van der Waals surface area (Å²) < 4.78 is 3.88. The van der Waals surface area contributed by atoms with E-state index in [1.807, 2.05) is 16.4 Å². The lowest BCUT2D eigenvalue weighted by molar-refractivity contribution is 0.165. The van der Waals surface area contributed by atoms with Gasteiger partial charge in [0.15, 0.2) is 5.82 Å². The molecular weight excluding hydrogens is 322 g/mol. The summed E-state index contributed by atoms with van der Waals surface area (Å²) in [4.78, 5) is 3.86. The fourth-order valence-corrected chi connectivity index (χ4v) is 4.33. The summed E-state index contributed by atoms with van der Waals surface area (Å²) in [5.74, 6) is 1.55. The first kappa shape index (κ1) is 14.3. The molecule has 0 spiro atoms. The molecule has 1 unspecified atom stereocenters. The summed E-state index contributed by atoms with van der Waals surface area (Å²) in [5.41, 5.74) is 2.50. The van der Waals surface area contributed by atoms with Crippen molar-refractivity contribution in [2.45, 2.75) is 37.9 Å². The summed E-state index contributed by atoms with van der Waals surface area (Å²) in [7, 11) is 2.00. The minimum absolute atomic E-state index is 0.0835. The number of rotatable bonds is 4. The van der Waals surface area contributed by atoms with Crippen molar-refractivity contribution in [3.05, 3.63) is 45.7 Å². The van der Waals surface area contributed by atoms with Crippen LogP contribution in [0.3, 0.4) is 0 Å². The maximum absolute atomic E-state index is 4.75. The number of aromatic nitrogens is 6. The van der Waals surface area contributed by atoms with Crippen LogP contribution in [0.15, 0.2) is 23.7 Å². The highest BCUT2D eigenvalue weighted by Gasteiger charge is 2.38. The molecule has 1 saturated carbocycles. The lowest BCUT2D eigenvalue weighted by Gasteiger charge is -2.34. The number of nitrogens with zero attached hydrogens (tertiary/aromatic N) is 7. The smallest absolute Gasteiger partial charge is 0.173 e. The molecule has 5 rings (SSSR count). The van der Waals surface area contributed by atoms with E-state index in [1.165, 1.54) is 29.0 Å². The predicted octanol–water partition coefficient (Wildman–Crippen LogP) is 1.95. The van der Waals surface area contributed by atoms with E-state index in [0.717, 1.165) is 25.5 Å². The molecule has 0 N–H and O–H groups in total. The summed E-state index contributed by atoms with van der Waals surface area (Å²) in [6.45, 7) is 2.71. The fraction of sp³-hybridized carbons (Fsp3) is 0.500. The van der Waals surface area contributed by atoms with E-state index in [9.17, 15) is 0 Å². The second-order valence-corrected chi connectivity index (χ2v) is 7.66. The number of fused-ring (bicyclic) bond motifs is 1. The zero-order chi connectivity index (χ0) is 16.1. The Balaban J connectivity index is 1.58. The molecule has 0 radical (unpaired) electrons. The van der Waals surface area contributed by atoms with Gasteiger partial charge in [0, 0.05) is 42.7 Å². The van der Waals surface area contributed by atoms with E-state index in [-0.39, 0.29) is 6.04 Å². The van der Waals surface area contributed by atoms with Crippen LogP contribution in [0.25, 0.3) is 0 Å². The molecule has 0 bridgehead atoms. The van der Waals surface area contributed by atoms with E-state index in [0.29, 0.717) is 5.92 Å². The van der Waals surface area contributed by atoms with E-state index in [4.69, 9.17) is 5.10 Å². The van der Waals surface area contributed by atoms with Crippen LogP contribution < -0.4 is 0 Å². The molecule has 3 aromatic rings. The van der Waals surface area contributed by atoms with Crippen LogP contribution in [0.4, 0.5) is 0 Å². The van der Waals surface area contributed by atoms with Crippen LogP contribution in [-0.4, -0.2) is 41.4 Å². The van der Waals surface area contributed by atoms with Crippen LogP contribution in [0.2, 0.25) is 0 Å². The Morgan fingerprint density at radius 3 is 3.00 bits per heavy atom. The van der Waals surface area contributed by atoms with Crippen molar-refractivity contribution in [3.8, 4) is 0 Å². The van der Waals surface area contributed by atoms with Crippen molar-refractivity contribution in [2.24, 2.45) is 7.05 Å². The monoisotopic (exact) mass is 341 g/mol. The van der Waals surface area contributed by atoms with Gasteiger partial charge in [0.2, 0.25) is 0 Å². The largest absolute Gasteiger partial charge is 0.283 e. The summed E-state index contributed by atoms with van der Waals surface area (Å²) in [6, 6.07) is 4.40. The summed E-state index contributed by atoms with van der Waals surface area (Å²) in [6.07, 6.45) is 4.64. The number of tetrazole rings is 1. The number of thiophene rings is 1. The summed E-state index contributed by atoms with van der Waals surface area (Å²) in [5, 5.41) is 19.3.